The van der Waals surface area contributed by atoms with Crippen molar-refractivity contribution in [1.29, 1.82) is 0 Å². The fourth-order valence-electron chi connectivity index (χ4n) is 0.830. The largest absolute Gasteiger partial charge is 0.388 e. The van der Waals surface area contributed by atoms with Crippen LogP contribution in [-0.4, -0.2) is 12.1 Å². The number of allylic oxidation sites excluding steroid dienone is 3. The molecule has 0 unspecified atom stereocenters. The van der Waals surface area contributed by atoms with Gasteiger partial charge in [0.15, 0.2) is 0 Å². The summed E-state index contributed by atoms with van der Waals surface area (Å²) in [4.78, 5) is 5.08. The SMILES string of the molecule is C=C(C)C1=CC=CON1C. The Morgan fingerprint density at radius 3 is 2.80 bits per heavy atom. The van der Waals surface area contributed by atoms with E-state index in [1.54, 1.807) is 11.3 Å². The van der Waals surface area contributed by atoms with Crippen molar-refractivity contribution < 1.29 is 4.84 Å². The molecule has 0 aliphatic carbocycles. The summed E-state index contributed by atoms with van der Waals surface area (Å²) in [5.41, 5.74) is 2.02. The van der Waals surface area contributed by atoms with Crippen LogP contribution in [0.5, 0.6) is 0 Å². The van der Waals surface area contributed by atoms with Crippen molar-refractivity contribution in [3.63, 3.8) is 0 Å². The van der Waals surface area contributed by atoms with Crippen LogP contribution in [0.3, 0.4) is 0 Å². The van der Waals surface area contributed by atoms with Crippen LogP contribution in [0.25, 0.3) is 0 Å². The topological polar surface area (TPSA) is 12.5 Å². The average Bonchev–Trinajstić information content (AvgIpc) is 1.88. The molecule has 1 aliphatic rings. The third-order valence-corrected chi connectivity index (χ3v) is 1.33. The number of rotatable bonds is 1. The highest BCUT2D eigenvalue weighted by molar-refractivity contribution is 5.28. The quantitative estimate of drug-likeness (QED) is 0.546. The Balaban J connectivity index is 2.80. The maximum Gasteiger partial charge on any atom is 0.119 e. The Morgan fingerprint density at radius 2 is 2.40 bits per heavy atom. The van der Waals surface area contributed by atoms with E-state index in [4.69, 9.17) is 4.84 Å². The first kappa shape index (κ1) is 6.93. The third kappa shape index (κ3) is 1.21. The van der Waals surface area contributed by atoms with Gasteiger partial charge in [0.05, 0.1) is 5.70 Å². The van der Waals surface area contributed by atoms with Crippen molar-refractivity contribution in [3.8, 4) is 0 Å². The molecule has 2 heteroatoms. The summed E-state index contributed by atoms with van der Waals surface area (Å²) in [5.74, 6) is 0. The van der Waals surface area contributed by atoms with Crippen LogP contribution >= 0.6 is 0 Å². The highest BCUT2D eigenvalue weighted by atomic mass is 16.7. The standard InChI is InChI=1S/C8H11NO/c1-7(2)8-5-4-6-10-9(8)3/h4-6H,1H2,2-3H3. The van der Waals surface area contributed by atoms with Gasteiger partial charge in [-0.2, -0.15) is 0 Å². The Kier molecular flexibility index (Phi) is 1.81. The molecule has 0 N–H and O–H groups in total. The van der Waals surface area contributed by atoms with Gasteiger partial charge in [0, 0.05) is 7.05 Å². The zero-order valence-corrected chi connectivity index (χ0v) is 6.29. The van der Waals surface area contributed by atoms with Gasteiger partial charge in [-0.05, 0) is 24.6 Å². The Bertz CT molecular complexity index is 203. The molecule has 1 heterocycles. The van der Waals surface area contributed by atoms with Gasteiger partial charge in [-0.1, -0.05) is 6.58 Å². The molecule has 0 aromatic rings. The van der Waals surface area contributed by atoms with E-state index in [-0.39, 0.29) is 0 Å². The first-order chi connectivity index (χ1) is 4.72. The monoisotopic (exact) mass is 137 g/mol. The van der Waals surface area contributed by atoms with Crippen LogP contribution in [0.1, 0.15) is 6.92 Å². The van der Waals surface area contributed by atoms with Crippen LogP contribution in [-0.2, 0) is 4.84 Å². The molecular formula is C8H11NO. The van der Waals surface area contributed by atoms with Gasteiger partial charge < -0.3 is 4.84 Å². The lowest BCUT2D eigenvalue weighted by atomic mass is 10.2. The summed E-state index contributed by atoms with van der Waals surface area (Å²) >= 11 is 0. The van der Waals surface area contributed by atoms with Gasteiger partial charge >= 0.3 is 0 Å². The summed E-state index contributed by atoms with van der Waals surface area (Å²) in [6.07, 6.45) is 5.45. The number of hydrogen-bond donors (Lipinski definition) is 0. The molecule has 0 atom stereocenters. The molecule has 0 radical (unpaired) electrons. The Morgan fingerprint density at radius 1 is 1.70 bits per heavy atom. The van der Waals surface area contributed by atoms with Gasteiger partial charge in [-0.3, -0.25) is 0 Å². The number of hydrogen-bond acceptors (Lipinski definition) is 2. The second kappa shape index (κ2) is 2.60. The first-order valence-electron chi connectivity index (χ1n) is 3.15. The van der Waals surface area contributed by atoms with Crippen molar-refractivity contribution >= 4 is 0 Å². The number of hydroxylamine groups is 2. The van der Waals surface area contributed by atoms with E-state index < -0.39 is 0 Å². The molecule has 0 saturated heterocycles. The van der Waals surface area contributed by atoms with Crippen LogP contribution in [0.4, 0.5) is 0 Å². The van der Waals surface area contributed by atoms with E-state index in [0.29, 0.717) is 0 Å². The molecule has 2 nitrogen and oxygen atoms in total. The van der Waals surface area contributed by atoms with Crippen LogP contribution < -0.4 is 0 Å². The minimum atomic E-state index is 1.01. The molecular weight excluding hydrogens is 126 g/mol. The lowest BCUT2D eigenvalue weighted by Gasteiger charge is -2.22. The van der Waals surface area contributed by atoms with E-state index in [2.05, 4.69) is 6.58 Å². The molecule has 0 fully saturated rings. The minimum Gasteiger partial charge on any atom is -0.388 e. The summed E-state index contributed by atoms with van der Waals surface area (Å²) in [5, 5.41) is 1.68. The van der Waals surface area contributed by atoms with E-state index in [9.17, 15) is 0 Å². The van der Waals surface area contributed by atoms with E-state index >= 15 is 0 Å². The summed E-state index contributed by atoms with van der Waals surface area (Å²) in [6, 6.07) is 0. The van der Waals surface area contributed by atoms with E-state index in [1.807, 2.05) is 26.1 Å². The van der Waals surface area contributed by atoms with Gasteiger partial charge in [0.1, 0.15) is 6.26 Å². The van der Waals surface area contributed by atoms with E-state index in [1.165, 1.54) is 0 Å². The molecule has 0 aromatic heterocycles. The predicted molar refractivity (Wildman–Crippen MR) is 40.9 cm³/mol. The zero-order valence-electron chi connectivity index (χ0n) is 6.29. The van der Waals surface area contributed by atoms with Crippen LogP contribution in [0.2, 0.25) is 0 Å². The fourth-order valence-corrected chi connectivity index (χ4v) is 0.830. The second-order valence-corrected chi connectivity index (χ2v) is 2.26. The van der Waals surface area contributed by atoms with Crippen molar-refractivity contribution in [2.24, 2.45) is 0 Å². The molecule has 0 saturated carbocycles. The van der Waals surface area contributed by atoms with Crippen molar-refractivity contribution in [2.45, 2.75) is 6.92 Å². The molecule has 54 valence electrons. The Labute approximate surface area is 61.0 Å². The third-order valence-electron chi connectivity index (χ3n) is 1.33. The van der Waals surface area contributed by atoms with Gasteiger partial charge in [0.25, 0.3) is 0 Å². The lowest BCUT2D eigenvalue weighted by molar-refractivity contribution is -0.0457. The zero-order chi connectivity index (χ0) is 7.56. The van der Waals surface area contributed by atoms with Crippen molar-refractivity contribution in [1.82, 2.24) is 5.06 Å². The van der Waals surface area contributed by atoms with E-state index in [0.717, 1.165) is 11.3 Å². The maximum absolute atomic E-state index is 5.08. The predicted octanol–water partition coefficient (Wildman–Crippen LogP) is 1.84. The van der Waals surface area contributed by atoms with Crippen LogP contribution in [0, 0.1) is 0 Å². The first-order valence-corrected chi connectivity index (χ1v) is 3.15. The highest BCUT2D eigenvalue weighted by Gasteiger charge is 2.05. The normalized spacial score (nSPS) is 16.2. The van der Waals surface area contributed by atoms with Crippen LogP contribution in [0.15, 0.2) is 36.3 Å². The molecule has 0 bridgehead atoms. The van der Waals surface area contributed by atoms with Gasteiger partial charge in [0.2, 0.25) is 0 Å². The molecule has 0 aromatic carbocycles. The number of likely N-dealkylation sites (N-methyl/N-ethyl adjacent to an activating group) is 1. The Hall–Kier alpha value is -1.18. The maximum atomic E-state index is 5.08. The smallest absolute Gasteiger partial charge is 0.119 e. The lowest BCUT2D eigenvalue weighted by Crippen LogP contribution is -2.17. The molecule has 0 amide bonds. The fraction of sp³-hybridized carbons (Fsp3) is 0.250. The minimum absolute atomic E-state index is 1.01. The summed E-state index contributed by atoms with van der Waals surface area (Å²) in [6.45, 7) is 5.75. The second-order valence-electron chi connectivity index (χ2n) is 2.26. The molecule has 1 rings (SSSR count). The van der Waals surface area contributed by atoms with Crippen molar-refractivity contribution in [2.75, 3.05) is 7.05 Å². The average molecular weight is 137 g/mol. The highest BCUT2D eigenvalue weighted by Crippen LogP contribution is 2.14. The number of nitrogens with zero attached hydrogens (tertiary/aromatic N) is 1. The molecule has 0 spiro atoms. The van der Waals surface area contributed by atoms with Gasteiger partial charge in [-0.25, -0.2) is 5.06 Å². The van der Waals surface area contributed by atoms with Crippen molar-refractivity contribution in [3.05, 3.63) is 36.3 Å². The van der Waals surface area contributed by atoms with Gasteiger partial charge in [-0.15, -0.1) is 0 Å². The summed E-state index contributed by atoms with van der Waals surface area (Å²) in [7, 11) is 1.85. The summed E-state index contributed by atoms with van der Waals surface area (Å²) < 4.78 is 0. The molecule has 10 heavy (non-hydrogen) atoms. The molecule has 1 aliphatic heterocycles.